The Morgan fingerprint density at radius 3 is 2.24 bits per heavy atom. The van der Waals surface area contributed by atoms with Crippen LogP contribution in [0.1, 0.15) is 64.0 Å². The molecule has 1 heterocycles. The Labute approximate surface area is 173 Å². The number of imidazole rings is 1. The van der Waals surface area contributed by atoms with E-state index in [2.05, 4.69) is 46.8 Å². The Balaban J connectivity index is 1.20. The summed E-state index contributed by atoms with van der Waals surface area (Å²) in [6.07, 6.45) is 13.3. The Morgan fingerprint density at radius 2 is 1.69 bits per heavy atom. The van der Waals surface area contributed by atoms with Crippen LogP contribution in [0.5, 0.6) is 0 Å². The highest BCUT2D eigenvalue weighted by Crippen LogP contribution is 2.55. The standard InChI is InChI=1S/C24H32N4O/c1-16(21-3-5-22(6-4-21)28-8-7-25-15-28)26-17(2)23(29)27-24-12-18-9-19(13-24)11-20(10-18)14-24/h3-8,15-20,26H,9-14H2,1-2H3,(H,27,29)/t16-,17+,18?,19?,20?,24?/m1/s1. The van der Waals surface area contributed by atoms with Gasteiger partial charge in [0.25, 0.3) is 0 Å². The minimum absolute atomic E-state index is 0.0808. The van der Waals surface area contributed by atoms with Crippen molar-refractivity contribution in [3.8, 4) is 5.69 Å². The summed E-state index contributed by atoms with van der Waals surface area (Å²) in [5, 5.41) is 7.00. The molecule has 29 heavy (non-hydrogen) atoms. The van der Waals surface area contributed by atoms with Crippen molar-refractivity contribution in [2.45, 2.75) is 70.0 Å². The molecule has 4 fully saturated rings. The van der Waals surface area contributed by atoms with Crippen LogP contribution in [-0.4, -0.2) is 27.0 Å². The number of nitrogens with zero attached hydrogens (tertiary/aromatic N) is 2. The van der Waals surface area contributed by atoms with Gasteiger partial charge in [-0.2, -0.15) is 0 Å². The Bertz CT molecular complexity index is 822. The van der Waals surface area contributed by atoms with Crippen LogP contribution in [-0.2, 0) is 4.79 Å². The lowest BCUT2D eigenvalue weighted by Gasteiger charge is -2.57. The van der Waals surface area contributed by atoms with Gasteiger partial charge in [-0.05, 0) is 87.8 Å². The SMILES string of the molecule is C[C@H](N[C@H](C)c1ccc(-n2ccnc2)cc1)C(=O)NC12CC3CC(CC(C3)C1)C2. The fourth-order valence-electron chi connectivity index (χ4n) is 6.53. The molecule has 0 spiro atoms. The largest absolute Gasteiger partial charge is 0.349 e. The number of carbonyl (C=O) groups excluding carboxylic acids is 1. The van der Waals surface area contributed by atoms with E-state index in [4.69, 9.17) is 0 Å². The fourth-order valence-corrected chi connectivity index (χ4v) is 6.53. The molecule has 1 amide bonds. The zero-order valence-electron chi connectivity index (χ0n) is 17.5. The van der Waals surface area contributed by atoms with E-state index in [0.717, 1.165) is 23.4 Å². The van der Waals surface area contributed by atoms with Gasteiger partial charge in [0.15, 0.2) is 0 Å². The van der Waals surface area contributed by atoms with E-state index in [1.165, 1.54) is 44.1 Å². The predicted octanol–water partition coefficient (Wildman–Crippen LogP) is 4.00. The maximum atomic E-state index is 13.0. The van der Waals surface area contributed by atoms with Crippen LogP contribution in [0.25, 0.3) is 5.69 Å². The lowest BCUT2D eigenvalue weighted by Crippen LogP contribution is -2.62. The van der Waals surface area contributed by atoms with Gasteiger partial charge in [0.05, 0.1) is 12.4 Å². The Hall–Kier alpha value is -2.14. The first kappa shape index (κ1) is 18.9. The fraction of sp³-hybridized carbons (Fsp3) is 0.583. The first-order valence-corrected chi connectivity index (χ1v) is 11.2. The van der Waals surface area contributed by atoms with Crippen molar-refractivity contribution in [3.05, 3.63) is 48.5 Å². The molecule has 6 rings (SSSR count). The van der Waals surface area contributed by atoms with Crippen molar-refractivity contribution in [2.24, 2.45) is 17.8 Å². The molecule has 5 nitrogen and oxygen atoms in total. The highest BCUT2D eigenvalue weighted by Gasteiger charge is 2.51. The lowest BCUT2D eigenvalue weighted by molar-refractivity contribution is -0.128. The number of rotatable bonds is 6. The van der Waals surface area contributed by atoms with E-state index in [1.54, 1.807) is 12.5 Å². The number of hydrogen-bond donors (Lipinski definition) is 2. The van der Waals surface area contributed by atoms with E-state index in [-0.39, 0.29) is 23.5 Å². The number of hydrogen-bond acceptors (Lipinski definition) is 3. The molecule has 4 aliphatic carbocycles. The summed E-state index contributed by atoms with van der Waals surface area (Å²) in [5.74, 6) is 2.70. The third-order valence-electron chi connectivity index (χ3n) is 7.52. The van der Waals surface area contributed by atoms with E-state index >= 15 is 0 Å². The summed E-state index contributed by atoms with van der Waals surface area (Å²) in [5.41, 5.74) is 2.35. The molecule has 0 aliphatic heterocycles. The van der Waals surface area contributed by atoms with Crippen LogP contribution in [0.4, 0.5) is 0 Å². The molecule has 2 atom stereocenters. The first-order chi connectivity index (χ1) is 14.0. The molecule has 1 aromatic heterocycles. The Kier molecular flexibility index (Phi) is 4.73. The minimum atomic E-state index is -0.202. The highest BCUT2D eigenvalue weighted by molar-refractivity contribution is 5.82. The molecular weight excluding hydrogens is 360 g/mol. The third-order valence-corrected chi connectivity index (χ3v) is 7.52. The van der Waals surface area contributed by atoms with Crippen molar-refractivity contribution in [3.63, 3.8) is 0 Å². The average molecular weight is 393 g/mol. The summed E-state index contributed by atoms with van der Waals surface area (Å²) in [4.78, 5) is 17.1. The van der Waals surface area contributed by atoms with Crippen LogP contribution in [0.2, 0.25) is 0 Å². The van der Waals surface area contributed by atoms with Gasteiger partial charge in [-0.3, -0.25) is 10.1 Å². The van der Waals surface area contributed by atoms with Gasteiger partial charge in [-0.1, -0.05) is 12.1 Å². The van der Waals surface area contributed by atoms with Crippen molar-refractivity contribution in [1.82, 2.24) is 20.2 Å². The molecule has 2 N–H and O–H groups in total. The van der Waals surface area contributed by atoms with Crippen LogP contribution < -0.4 is 10.6 Å². The van der Waals surface area contributed by atoms with Crippen molar-refractivity contribution >= 4 is 5.91 Å². The van der Waals surface area contributed by atoms with E-state index in [9.17, 15) is 4.79 Å². The van der Waals surface area contributed by atoms with Crippen LogP contribution in [0, 0.1) is 17.8 Å². The van der Waals surface area contributed by atoms with Gasteiger partial charge in [0.2, 0.25) is 5.91 Å². The van der Waals surface area contributed by atoms with E-state index in [1.807, 2.05) is 17.7 Å². The maximum absolute atomic E-state index is 13.0. The Morgan fingerprint density at radius 1 is 1.07 bits per heavy atom. The van der Waals surface area contributed by atoms with Gasteiger partial charge < -0.3 is 9.88 Å². The van der Waals surface area contributed by atoms with Gasteiger partial charge in [-0.25, -0.2) is 4.98 Å². The lowest BCUT2D eigenvalue weighted by atomic mass is 9.53. The topological polar surface area (TPSA) is 59.0 Å². The monoisotopic (exact) mass is 392 g/mol. The van der Waals surface area contributed by atoms with Crippen molar-refractivity contribution in [2.75, 3.05) is 0 Å². The smallest absolute Gasteiger partial charge is 0.237 e. The molecule has 2 aromatic rings. The summed E-state index contributed by atoms with van der Waals surface area (Å²) < 4.78 is 1.99. The molecule has 0 saturated heterocycles. The van der Waals surface area contributed by atoms with Crippen LogP contribution in [0.15, 0.2) is 43.0 Å². The predicted molar refractivity (Wildman–Crippen MR) is 114 cm³/mol. The van der Waals surface area contributed by atoms with Gasteiger partial charge in [-0.15, -0.1) is 0 Å². The highest BCUT2D eigenvalue weighted by atomic mass is 16.2. The second kappa shape index (κ2) is 7.28. The maximum Gasteiger partial charge on any atom is 0.237 e. The molecule has 154 valence electrons. The molecule has 4 bridgehead atoms. The van der Waals surface area contributed by atoms with Crippen molar-refractivity contribution < 1.29 is 4.79 Å². The minimum Gasteiger partial charge on any atom is -0.349 e. The van der Waals surface area contributed by atoms with E-state index < -0.39 is 0 Å². The molecule has 0 radical (unpaired) electrons. The third kappa shape index (κ3) is 3.73. The number of amides is 1. The van der Waals surface area contributed by atoms with Crippen LogP contribution >= 0.6 is 0 Å². The van der Waals surface area contributed by atoms with Crippen LogP contribution in [0.3, 0.4) is 0 Å². The van der Waals surface area contributed by atoms with Gasteiger partial charge >= 0.3 is 0 Å². The molecule has 4 aliphatic rings. The molecule has 1 aromatic carbocycles. The summed E-state index contributed by atoms with van der Waals surface area (Å²) in [6.45, 7) is 4.12. The summed E-state index contributed by atoms with van der Waals surface area (Å²) in [7, 11) is 0. The molecule has 4 saturated carbocycles. The average Bonchev–Trinajstić information content (AvgIpc) is 3.21. The number of carbonyl (C=O) groups is 1. The molecule has 5 heteroatoms. The normalized spacial score (nSPS) is 32.1. The first-order valence-electron chi connectivity index (χ1n) is 11.2. The molecular formula is C24H32N4O. The zero-order valence-corrected chi connectivity index (χ0v) is 17.5. The second-order valence-electron chi connectivity index (χ2n) is 9.86. The summed E-state index contributed by atoms with van der Waals surface area (Å²) >= 11 is 0. The number of nitrogens with one attached hydrogen (secondary N) is 2. The zero-order chi connectivity index (χ0) is 20.0. The summed E-state index contributed by atoms with van der Waals surface area (Å²) in [6, 6.07) is 8.34. The molecule has 0 unspecified atom stereocenters. The van der Waals surface area contributed by atoms with E-state index in [0.29, 0.717) is 0 Å². The van der Waals surface area contributed by atoms with Gasteiger partial charge in [0.1, 0.15) is 0 Å². The number of benzene rings is 1. The van der Waals surface area contributed by atoms with Gasteiger partial charge in [0, 0.05) is 29.7 Å². The quantitative estimate of drug-likeness (QED) is 0.781. The second-order valence-corrected chi connectivity index (χ2v) is 9.86. The van der Waals surface area contributed by atoms with Crippen molar-refractivity contribution in [1.29, 1.82) is 0 Å². The number of aromatic nitrogens is 2.